The smallest absolute Gasteiger partial charge is 0.149 e. The van der Waals surface area contributed by atoms with Gasteiger partial charge in [0.15, 0.2) is 0 Å². The van der Waals surface area contributed by atoms with Gasteiger partial charge in [0.2, 0.25) is 0 Å². The number of nitrogens with two attached hydrogens (primary N) is 2. The fraction of sp³-hybridized carbons (Fsp3) is 0.455. The average molecular weight is 249 g/mol. The zero-order valence-electron chi connectivity index (χ0n) is 9.40. The van der Waals surface area contributed by atoms with Gasteiger partial charge in [-0.1, -0.05) is 19.9 Å². The van der Waals surface area contributed by atoms with E-state index in [0.29, 0.717) is 11.5 Å². The van der Waals surface area contributed by atoms with Gasteiger partial charge in [-0.05, 0) is 18.4 Å². The molecule has 0 spiro atoms. The first-order chi connectivity index (χ1) is 6.93. The highest BCUT2D eigenvalue weighted by molar-refractivity contribution is 5.85. The Kier molecular flexibility index (Phi) is 5.55. The van der Waals surface area contributed by atoms with E-state index >= 15 is 0 Å². The highest BCUT2D eigenvalue weighted by atomic mass is 35.5. The number of benzene rings is 1. The Morgan fingerprint density at radius 3 is 2.44 bits per heavy atom. The zero-order valence-corrected chi connectivity index (χ0v) is 10.2. The summed E-state index contributed by atoms with van der Waals surface area (Å²) in [5.41, 5.74) is 11.5. The number of nitrogen functional groups attached to an aromatic ring is 1. The molecule has 5 N–H and O–H groups in total. The van der Waals surface area contributed by atoms with Gasteiger partial charge in [0.1, 0.15) is 17.3 Å². The van der Waals surface area contributed by atoms with Gasteiger partial charge in [-0.15, -0.1) is 12.4 Å². The zero-order chi connectivity index (χ0) is 11.6. The second-order valence-electron chi connectivity index (χ2n) is 4.13. The molecule has 0 amide bonds. The van der Waals surface area contributed by atoms with E-state index in [9.17, 15) is 9.50 Å². The standard InChI is InChI=1S/C11H17FN2O.ClH/c1-6(2)5-9(13)7-3-4-8(12)10(14)11(7)15;/h3-4,6,9,15H,5,13-14H2,1-2H3;1H/t9-;/m1./s1. The molecule has 0 saturated carbocycles. The predicted octanol–water partition coefficient (Wildman–Crippen LogP) is 2.58. The van der Waals surface area contributed by atoms with Crippen molar-refractivity contribution in [2.75, 3.05) is 5.73 Å². The number of anilines is 1. The molecule has 0 aliphatic carbocycles. The predicted molar refractivity (Wildman–Crippen MR) is 66.1 cm³/mol. The summed E-state index contributed by atoms with van der Waals surface area (Å²) in [5, 5.41) is 9.62. The maximum atomic E-state index is 13.0. The molecule has 0 aliphatic heterocycles. The lowest BCUT2D eigenvalue weighted by atomic mass is 9.96. The van der Waals surface area contributed by atoms with Crippen LogP contribution in [0.2, 0.25) is 0 Å². The number of phenolic OH excluding ortho intramolecular Hbond substituents is 1. The molecule has 1 atom stereocenters. The van der Waals surface area contributed by atoms with Gasteiger partial charge < -0.3 is 16.6 Å². The topological polar surface area (TPSA) is 72.3 Å². The van der Waals surface area contributed by atoms with Crippen molar-refractivity contribution in [3.63, 3.8) is 0 Å². The lowest BCUT2D eigenvalue weighted by Gasteiger charge is -2.16. The summed E-state index contributed by atoms with van der Waals surface area (Å²) >= 11 is 0. The van der Waals surface area contributed by atoms with Crippen molar-refractivity contribution in [2.45, 2.75) is 26.3 Å². The number of hydrogen-bond acceptors (Lipinski definition) is 3. The third kappa shape index (κ3) is 3.25. The van der Waals surface area contributed by atoms with Crippen LogP contribution < -0.4 is 11.5 Å². The number of phenols is 1. The summed E-state index contributed by atoms with van der Waals surface area (Å²) in [5.74, 6) is -0.443. The van der Waals surface area contributed by atoms with E-state index in [-0.39, 0.29) is 29.9 Å². The van der Waals surface area contributed by atoms with E-state index < -0.39 is 5.82 Å². The van der Waals surface area contributed by atoms with E-state index in [4.69, 9.17) is 11.5 Å². The Morgan fingerprint density at radius 2 is 1.94 bits per heavy atom. The summed E-state index contributed by atoms with van der Waals surface area (Å²) in [4.78, 5) is 0. The molecule has 1 aromatic rings. The maximum absolute atomic E-state index is 13.0. The molecule has 0 heterocycles. The number of hydrogen-bond donors (Lipinski definition) is 3. The van der Waals surface area contributed by atoms with Gasteiger partial charge >= 0.3 is 0 Å². The molecule has 0 bridgehead atoms. The molecule has 1 rings (SSSR count). The first-order valence-corrected chi connectivity index (χ1v) is 4.96. The third-order valence-corrected chi connectivity index (χ3v) is 2.32. The highest BCUT2D eigenvalue weighted by Crippen LogP contribution is 2.33. The average Bonchev–Trinajstić information content (AvgIpc) is 2.13. The number of halogens is 2. The second-order valence-corrected chi connectivity index (χ2v) is 4.13. The quantitative estimate of drug-likeness (QED) is 0.569. The van der Waals surface area contributed by atoms with Gasteiger partial charge in [0.25, 0.3) is 0 Å². The molecule has 0 aliphatic rings. The summed E-state index contributed by atoms with van der Waals surface area (Å²) in [6, 6.07) is 2.39. The molecule has 0 radical (unpaired) electrons. The molecular formula is C11H18ClFN2O. The fourth-order valence-corrected chi connectivity index (χ4v) is 1.53. The van der Waals surface area contributed by atoms with Gasteiger partial charge in [-0.25, -0.2) is 4.39 Å². The minimum Gasteiger partial charge on any atom is -0.505 e. The number of rotatable bonds is 3. The van der Waals surface area contributed by atoms with Crippen molar-refractivity contribution in [3.05, 3.63) is 23.5 Å². The molecular weight excluding hydrogens is 231 g/mol. The first-order valence-electron chi connectivity index (χ1n) is 4.96. The normalized spacial score (nSPS) is 12.3. The van der Waals surface area contributed by atoms with Crippen LogP contribution in [0.25, 0.3) is 0 Å². The van der Waals surface area contributed by atoms with E-state index in [0.717, 1.165) is 6.42 Å². The van der Waals surface area contributed by atoms with Crippen molar-refractivity contribution in [2.24, 2.45) is 11.7 Å². The van der Waals surface area contributed by atoms with Gasteiger partial charge in [-0.3, -0.25) is 0 Å². The Balaban J connectivity index is 0.00000225. The van der Waals surface area contributed by atoms with Gasteiger partial charge in [-0.2, -0.15) is 0 Å². The molecule has 0 aromatic heterocycles. The molecule has 0 saturated heterocycles. The molecule has 1 aromatic carbocycles. The Morgan fingerprint density at radius 1 is 1.38 bits per heavy atom. The van der Waals surface area contributed by atoms with E-state index in [1.807, 2.05) is 13.8 Å². The van der Waals surface area contributed by atoms with Crippen LogP contribution in [-0.4, -0.2) is 5.11 Å². The lowest BCUT2D eigenvalue weighted by molar-refractivity contribution is 0.443. The minimum absolute atomic E-state index is 0. The SMILES string of the molecule is CC(C)C[C@@H](N)c1ccc(F)c(N)c1O.Cl. The van der Waals surface area contributed by atoms with Crippen LogP contribution in [0.4, 0.5) is 10.1 Å². The Labute approximate surface area is 101 Å². The van der Waals surface area contributed by atoms with E-state index in [1.165, 1.54) is 12.1 Å². The van der Waals surface area contributed by atoms with Crippen molar-refractivity contribution < 1.29 is 9.50 Å². The van der Waals surface area contributed by atoms with Crippen LogP contribution in [0.1, 0.15) is 31.9 Å². The summed E-state index contributed by atoms with van der Waals surface area (Å²) in [7, 11) is 0. The van der Waals surface area contributed by atoms with E-state index in [2.05, 4.69) is 0 Å². The van der Waals surface area contributed by atoms with Crippen LogP contribution in [-0.2, 0) is 0 Å². The Hall–Kier alpha value is -1.00. The summed E-state index contributed by atoms with van der Waals surface area (Å²) < 4.78 is 13.0. The summed E-state index contributed by atoms with van der Waals surface area (Å²) in [6.45, 7) is 4.06. The minimum atomic E-state index is -0.618. The monoisotopic (exact) mass is 248 g/mol. The third-order valence-electron chi connectivity index (χ3n) is 2.32. The van der Waals surface area contributed by atoms with Crippen LogP contribution >= 0.6 is 12.4 Å². The molecule has 0 unspecified atom stereocenters. The fourth-order valence-electron chi connectivity index (χ4n) is 1.53. The van der Waals surface area contributed by atoms with Crippen LogP contribution in [0.5, 0.6) is 5.75 Å². The van der Waals surface area contributed by atoms with Crippen LogP contribution in [0, 0.1) is 11.7 Å². The highest BCUT2D eigenvalue weighted by Gasteiger charge is 2.16. The van der Waals surface area contributed by atoms with E-state index in [1.54, 1.807) is 0 Å². The number of aromatic hydroxyl groups is 1. The molecule has 5 heteroatoms. The molecule has 3 nitrogen and oxygen atoms in total. The maximum Gasteiger partial charge on any atom is 0.149 e. The Bertz CT molecular complexity index is 358. The summed E-state index contributed by atoms with van der Waals surface area (Å²) in [6.07, 6.45) is 0.721. The first kappa shape index (κ1) is 15.0. The van der Waals surface area contributed by atoms with Crippen molar-refractivity contribution in [1.82, 2.24) is 0 Å². The second kappa shape index (κ2) is 5.92. The molecule has 0 fully saturated rings. The van der Waals surface area contributed by atoms with Crippen molar-refractivity contribution in [1.29, 1.82) is 0 Å². The lowest BCUT2D eigenvalue weighted by Crippen LogP contribution is -2.13. The molecule has 16 heavy (non-hydrogen) atoms. The van der Waals surface area contributed by atoms with Crippen molar-refractivity contribution in [3.8, 4) is 5.75 Å². The van der Waals surface area contributed by atoms with Crippen molar-refractivity contribution >= 4 is 18.1 Å². The molecule has 92 valence electrons. The van der Waals surface area contributed by atoms with Gasteiger partial charge in [0.05, 0.1) is 0 Å². The van der Waals surface area contributed by atoms with Crippen LogP contribution in [0.15, 0.2) is 12.1 Å². The van der Waals surface area contributed by atoms with Crippen LogP contribution in [0.3, 0.4) is 0 Å². The van der Waals surface area contributed by atoms with Gasteiger partial charge in [0, 0.05) is 11.6 Å². The largest absolute Gasteiger partial charge is 0.505 e.